The highest BCUT2D eigenvalue weighted by atomic mass is 127. The molecule has 7 heteroatoms. The minimum absolute atomic E-state index is 0.0281. The number of benzene rings is 1. The maximum absolute atomic E-state index is 12.4. The Labute approximate surface area is 119 Å². The lowest BCUT2D eigenvalue weighted by molar-refractivity contribution is -0.116. The number of carbonyl (C=O) groups excluding carboxylic acids is 1. The Bertz CT molecular complexity index is 436. The molecule has 1 nitrogen and oxygen atoms in total. The molecule has 0 radical (unpaired) electrons. The van der Waals surface area contributed by atoms with Gasteiger partial charge in [-0.1, -0.05) is 6.07 Å². The largest absolute Gasteiger partial charge is 0.446 e. The Hall–Kier alpha value is 0.0500. The third kappa shape index (κ3) is 4.67. The highest BCUT2D eigenvalue weighted by molar-refractivity contribution is 14.1. The van der Waals surface area contributed by atoms with Crippen LogP contribution in [-0.2, 0) is 4.79 Å². The van der Waals surface area contributed by atoms with Gasteiger partial charge in [-0.2, -0.15) is 13.2 Å². The molecule has 0 saturated carbocycles. The molecule has 0 aromatic heterocycles. The van der Waals surface area contributed by atoms with Gasteiger partial charge < -0.3 is 0 Å². The molecule has 1 atom stereocenters. The molecular formula is C10H7ClF3IOS. The van der Waals surface area contributed by atoms with E-state index in [1.807, 2.05) is 22.6 Å². The summed E-state index contributed by atoms with van der Waals surface area (Å²) >= 11 is 7.45. The summed E-state index contributed by atoms with van der Waals surface area (Å²) < 4.78 is 37.7. The van der Waals surface area contributed by atoms with Crippen LogP contribution in [0, 0.1) is 3.57 Å². The maximum Gasteiger partial charge on any atom is 0.446 e. The first-order valence-corrected chi connectivity index (χ1v) is 6.73. The van der Waals surface area contributed by atoms with E-state index in [9.17, 15) is 18.0 Å². The van der Waals surface area contributed by atoms with E-state index in [1.54, 1.807) is 6.07 Å². The Morgan fingerprint density at radius 2 is 2.06 bits per heavy atom. The van der Waals surface area contributed by atoms with Gasteiger partial charge in [-0.05, 0) is 59.0 Å². The topological polar surface area (TPSA) is 17.1 Å². The van der Waals surface area contributed by atoms with Crippen molar-refractivity contribution in [1.29, 1.82) is 0 Å². The summed E-state index contributed by atoms with van der Waals surface area (Å²) in [6.45, 7) is 1.25. The van der Waals surface area contributed by atoms with Crippen LogP contribution in [0.4, 0.5) is 13.2 Å². The summed E-state index contributed by atoms with van der Waals surface area (Å²) in [5.74, 6) is -0.378. The molecule has 0 aliphatic carbocycles. The first-order chi connectivity index (χ1) is 7.70. The van der Waals surface area contributed by atoms with Crippen LogP contribution < -0.4 is 0 Å². The van der Waals surface area contributed by atoms with E-state index in [-0.39, 0.29) is 28.0 Å². The van der Waals surface area contributed by atoms with Crippen molar-refractivity contribution in [3.63, 3.8) is 0 Å². The van der Waals surface area contributed by atoms with E-state index in [0.29, 0.717) is 3.57 Å². The molecule has 1 aromatic rings. The summed E-state index contributed by atoms with van der Waals surface area (Å²) in [4.78, 5) is 11.1. The molecule has 94 valence electrons. The zero-order valence-corrected chi connectivity index (χ0v) is 12.2. The molecule has 0 N–H and O–H groups in total. The van der Waals surface area contributed by atoms with Gasteiger partial charge in [-0.3, -0.25) is 4.79 Å². The lowest BCUT2D eigenvalue weighted by Gasteiger charge is -2.14. The van der Waals surface area contributed by atoms with Gasteiger partial charge in [-0.15, -0.1) is 11.6 Å². The number of ketones is 1. The second-order valence-corrected chi connectivity index (χ2v) is 5.99. The second kappa shape index (κ2) is 5.79. The number of carbonyl (C=O) groups is 1. The minimum atomic E-state index is -4.40. The van der Waals surface area contributed by atoms with Crippen LogP contribution in [0.25, 0.3) is 0 Å². The van der Waals surface area contributed by atoms with E-state index in [1.165, 1.54) is 19.1 Å². The molecule has 0 heterocycles. The molecule has 0 aliphatic rings. The SMILES string of the molecule is CC(=O)C(Cl)c1ccc(I)cc1SC(F)(F)F. The van der Waals surface area contributed by atoms with Gasteiger partial charge in [-0.25, -0.2) is 0 Å². The van der Waals surface area contributed by atoms with E-state index < -0.39 is 10.9 Å². The Kier molecular flexibility index (Phi) is 5.15. The van der Waals surface area contributed by atoms with Crippen LogP contribution >= 0.6 is 46.0 Å². The lowest BCUT2D eigenvalue weighted by atomic mass is 10.1. The standard InChI is InChI=1S/C10H7ClF3IOS/c1-5(16)9(11)7-3-2-6(15)4-8(7)17-10(12,13)14/h2-4,9H,1H3. The average molecular weight is 395 g/mol. The van der Waals surface area contributed by atoms with Gasteiger partial charge >= 0.3 is 5.51 Å². The van der Waals surface area contributed by atoms with Crippen LogP contribution in [0.1, 0.15) is 17.9 Å². The lowest BCUT2D eigenvalue weighted by Crippen LogP contribution is -2.06. The third-order valence-electron chi connectivity index (χ3n) is 1.83. The number of hydrogen-bond donors (Lipinski definition) is 0. The van der Waals surface area contributed by atoms with Crippen LogP contribution in [-0.4, -0.2) is 11.3 Å². The van der Waals surface area contributed by atoms with Crippen molar-refractivity contribution in [2.24, 2.45) is 0 Å². The van der Waals surface area contributed by atoms with Crippen molar-refractivity contribution in [1.82, 2.24) is 0 Å². The average Bonchev–Trinajstić information content (AvgIpc) is 2.14. The molecule has 1 rings (SSSR count). The summed E-state index contributed by atoms with van der Waals surface area (Å²) in [7, 11) is 0. The Balaban J connectivity index is 3.17. The second-order valence-electron chi connectivity index (χ2n) is 3.20. The van der Waals surface area contributed by atoms with E-state index >= 15 is 0 Å². The monoisotopic (exact) mass is 394 g/mol. The molecule has 0 aliphatic heterocycles. The molecule has 0 saturated heterocycles. The molecule has 1 aromatic carbocycles. The molecule has 17 heavy (non-hydrogen) atoms. The van der Waals surface area contributed by atoms with Crippen molar-refractivity contribution in [3.8, 4) is 0 Å². The Morgan fingerprint density at radius 1 is 1.47 bits per heavy atom. The predicted octanol–water partition coefficient (Wildman–Crippen LogP) is 4.77. The highest BCUT2D eigenvalue weighted by Gasteiger charge is 2.32. The summed E-state index contributed by atoms with van der Waals surface area (Å²) in [6, 6.07) is 4.44. The highest BCUT2D eigenvalue weighted by Crippen LogP contribution is 2.42. The normalized spacial score (nSPS) is 13.5. The van der Waals surface area contributed by atoms with Crippen molar-refractivity contribution < 1.29 is 18.0 Å². The first-order valence-electron chi connectivity index (χ1n) is 4.40. The van der Waals surface area contributed by atoms with Crippen molar-refractivity contribution in [2.75, 3.05) is 0 Å². The smallest absolute Gasteiger partial charge is 0.298 e. The van der Waals surface area contributed by atoms with Crippen molar-refractivity contribution in [2.45, 2.75) is 22.7 Å². The zero-order valence-electron chi connectivity index (χ0n) is 8.52. The van der Waals surface area contributed by atoms with Gasteiger partial charge in [0.2, 0.25) is 0 Å². The van der Waals surface area contributed by atoms with Gasteiger partial charge in [0.25, 0.3) is 0 Å². The predicted molar refractivity (Wildman–Crippen MR) is 70.3 cm³/mol. The number of hydrogen-bond acceptors (Lipinski definition) is 2. The minimum Gasteiger partial charge on any atom is -0.298 e. The van der Waals surface area contributed by atoms with Crippen LogP contribution in [0.3, 0.4) is 0 Å². The zero-order chi connectivity index (χ0) is 13.2. The molecule has 0 spiro atoms. The number of Topliss-reactive ketones (excluding diaryl/α,β-unsaturated/α-hetero) is 1. The van der Waals surface area contributed by atoms with Crippen LogP contribution in [0.5, 0.6) is 0 Å². The van der Waals surface area contributed by atoms with E-state index in [2.05, 4.69) is 0 Å². The summed E-state index contributed by atoms with van der Waals surface area (Å²) in [5.41, 5.74) is -4.20. The maximum atomic E-state index is 12.4. The fraction of sp³-hybridized carbons (Fsp3) is 0.300. The molecule has 0 bridgehead atoms. The number of alkyl halides is 4. The summed E-state index contributed by atoms with van der Waals surface area (Å²) in [6.07, 6.45) is 0. The van der Waals surface area contributed by atoms with Crippen LogP contribution in [0.15, 0.2) is 23.1 Å². The first kappa shape index (κ1) is 15.1. The van der Waals surface area contributed by atoms with Crippen molar-refractivity contribution in [3.05, 3.63) is 27.3 Å². The number of rotatable bonds is 3. The van der Waals surface area contributed by atoms with Crippen molar-refractivity contribution >= 4 is 51.7 Å². The fourth-order valence-corrected chi connectivity index (χ4v) is 2.85. The fourth-order valence-electron chi connectivity index (χ4n) is 1.15. The van der Waals surface area contributed by atoms with Gasteiger partial charge in [0.1, 0.15) is 5.38 Å². The summed E-state index contributed by atoms with van der Waals surface area (Å²) in [5, 5.41) is -1.04. The van der Waals surface area contributed by atoms with Gasteiger partial charge in [0.05, 0.1) is 0 Å². The van der Waals surface area contributed by atoms with Crippen LogP contribution in [0.2, 0.25) is 0 Å². The molecule has 0 fully saturated rings. The van der Waals surface area contributed by atoms with E-state index in [4.69, 9.17) is 11.6 Å². The third-order valence-corrected chi connectivity index (χ3v) is 3.85. The molecule has 1 unspecified atom stereocenters. The van der Waals surface area contributed by atoms with Gasteiger partial charge in [0.15, 0.2) is 5.78 Å². The van der Waals surface area contributed by atoms with Gasteiger partial charge in [0, 0.05) is 8.47 Å². The van der Waals surface area contributed by atoms with E-state index in [0.717, 1.165) is 0 Å². The molecule has 0 amide bonds. The quantitative estimate of drug-likeness (QED) is 0.417. The molecular weight excluding hydrogens is 388 g/mol. The number of halogens is 5. The Morgan fingerprint density at radius 3 is 2.53 bits per heavy atom. The number of thioether (sulfide) groups is 1.